The van der Waals surface area contributed by atoms with Gasteiger partial charge in [-0.15, -0.1) is 0 Å². The van der Waals surface area contributed by atoms with Gasteiger partial charge in [0.2, 0.25) is 15.9 Å². The van der Waals surface area contributed by atoms with Crippen LogP contribution in [0.15, 0.2) is 47.4 Å². The molecule has 0 radical (unpaired) electrons. The second-order valence-corrected chi connectivity index (χ2v) is 7.07. The number of halogens is 1. The Kier molecular flexibility index (Phi) is 6.17. The molecule has 26 heavy (non-hydrogen) atoms. The lowest BCUT2D eigenvalue weighted by atomic mass is 10.2. The highest BCUT2D eigenvalue weighted by molar-refractivity contribution is 7.89. The number of nitrogens with one attached hydrogen (secondary N) is 2. The number of methoxy groups -OCH3 is 2. The molecule has 9 heteroatoms. The summed E-state index contributed by atoms with van der Waals surface area (Å²) < 4.78 is 50.0. The van der Waals surface area contributed by atoms with Gasteiger partial charge in [0.05, 0.1) is 30.8 Å². The summed E-state index contributed by atoms with van der Waals surface area (Å²) in [5.41, 5.74) is 0.367. The maximum Gasteiger partial charge on any atom is 0.242 e. The van der Waals surface area contributed by atoms with Crippen LogP contribution in [-0.4, -0.2) is 34.6 Å². The third kappa shape index (κ3) is 4.70. The Hall–Kier alpha value is -2.65. The maximum absolute atomic E-state index is 12.9. The number of sulfonamides is 1. The Morgan fingerprint density at radius 1 is 1.08 bits per heavy atom. The quantitative estimate of drug-likeness (QED) is 0.765. The SMILES string of the molecule is COc1ccc(NC(=O)[C@@H](C)NS(=O)(=O)c2ccc(F)cc2)c(OC)c1. The lowest BCUT2D eigenvalue weighted by Crippen LogP contribution is -2.41. The molecule has 2 aromatic rings. The second kappa shape index (κ2) is 8.15. The highest BCUT2D eigenvalue weighted by Gasteiger charge is 2.23. The topological polar surface area (TPSA) is 93.7 Å². The summed E-state index contributed by atoms with van der Waals surface area (Å²) in [4.78, 5) is 12.2. The van der Waals surface area contributed by atoms with Crippen molar-refractivity contribution in [2.45, 2.75) is 17.9 Å². The van der Waals surface area contributed by atoms with E-state index >= 15 is 0 Å². The first kappa shape index (κ1) is 19.7. The minimum atomic E-state index is -3.97. The van der Waals surface area contributed by atoms with E-state index in [9.17, 15) is 17.6 Å². The molecule has 140 valence electrons. The average Bonchev–Trinajstić information content (AvgIpc) is 2.61. The first-order valence-electron chi connectivity index (χ1n) is 7.57. The molecule has 0 saturated carbocycles. The molecule has 0 aliphatic heterocycles. The van der Waals surface area contributed by atoms with Crippen LogP contribution in [0, 0.1) is 5.82 Å². The summed E-state index contributed by atoms with van der Waals surface area (Å²) in [6, 6.07) is 8.02. The Morgan fingerprint density at radius 3 is 2.31 bits per heavy atom. The van der Waals surface area contributed by atoms with Crippen LogP contribution in [0.2, 0.25) is 0 Å². The minimum absolute atomic E-state index is 0.138. The van der Waals surface area contributed by atoms with Crippen LogP contribution in [0.3, 0.4) is 0 Å². The first-order valence-corrected chi connectivity index (χ1v) is 9.06. The van der Waals surface area contributed by atoms with Crippen molar-refractivity contribution in [2.75, 3.05) is 19.5 Å². The molecule has 0 aromatic heterocycles. The fraction of sp³-hybridized carbons (Fsp3) is 0.235. The average molecular weight is 382 g/mol. The lowest BCUT2D eigenvalue weighted by Gasteiger charge is -2.16. The highest BCUT2D eigenvalue weighted by atomic mass is 32.2. The number of hydrogen-bond acceptors (Lipinski definition) is 5. The monoisotopic (exact) mass is 382 g/mol. The van der Waals surface area contributed by atoms with Gasteiger partial charge in [-0.25, -0.2) is 12.8 Å². The summed E-state index contributed by atoms with van der Waals surface area (Å²) in [7, 11) is -1.03. The predicted octanol–water partition coefficient (Wildman–Crippen LogP) is 2.15. The summed E-state index contributed by atoms with van der Waals surface area (Å²) in [5.74, 6) is -0.225. The molecule has 0 heterocycles. The van der Waals surface area contributed by atoms with Crippen molar-refractivity contribution in [2.24, 2.45) is 0 Å². The van der Waals surface area contributed by atoms with Crippen LogP contribution in [0.5, 0.6) is 11.5 Å². The standard InChI is InChI=1S/C17H19FN2O5S/c1-11(20-26(22,23)14-7-4-12(18)5-8-14)17(21)19-15-9-6-13(24-2)10-16(15)25-3/h4-11,20H,1-3H3,(H,19,21)/t11-/m1/s1. The van der Waals surface area contributed by atoms with Crippen molar-refractivity contribution in [3.8, 4) is 11.5 Å². The zero-order valence-electron chi connectivity index (χ0n) is 14.4. The smallest absolute Gasteiger partial charge is 0.242 e. The van der Waals surface area contributed by atoms with Gasteiger partial charge in [0.1, 0.15) is 17.3 Å². The van der Waals surface area contributed by atoms with Crippen molar-refractivity contribution < 1.29 is 27.1 Å². The van der Waals surface area contributed by atoms with Crippen LogP contribution >= 0.6 is 0 Å². The van der Waals surface area contributed by atoms with Crippen LogP contribution in [-0.2, 0) is 14.8 Å². The summed E-state index contributed by atoms with van der Waals surface area (Å²) in [6.07, 6.45) is 0. The van der Waals surface area contributed by atoms with E-state index < -0.39 is 27.8 Å². The van der Waals surface area contributed by atoms with E-state index in [1.807, 2.05) is 0 Å². The summed E-state index contributed by atoms with van der Waals surface area (Å²) in [5, 5.41) is 2.59. The van der Waals surface area contributed by atoms with E-state index in [0.29, 0.717) is 17.2 Å². The zero-order chi connectivity index (χ0) is 19.3. The Morgan fingerprint density at radius 2 is 1.73 bits per heavy atom. The molecule has 0 saturated heterocycles. The van der Waals surface area contributed by atoms with E-state index in [-0.39, 0.29) is 4.90 Å². The van der Waals surface area contributed by atoms with Gasteiger partial charge in [-0.05, 0) is 43.3 Å². The Balaban J connectivity index is 2.11. The molecular formula is C17H19FN2O5S. The number of carbonyl (C=O) groups is 1. The van der Waals surface area contributed by atoms with E-state index in [1.165, 1.54) is 21.1 Å². The number of rotatable bonds is 7. The van der Waals surface area contributed by atoms with Gasteiger partial charge >= 0.3 is 0 Å². The summed E-state index contributed by atoms with van der Waals surface area (Å²) in [6.45, 7) is 1.40. The van der Waals surface area contributed by atoms with Gasteiger partial charge in [-0.3, -0.25) is 4.79 Å². The highest BCUT2D eigenvalue weighted by Crippen LogP contribution is 2.29. The minimum Gasteiger partial charge on any atom is -0.497 e. The molecule has 7 nitrogen and oxygen atoms in total. The molecule has 1 atom stereocenters. The van der Waals surface area contributed by atoms with E-state index in [4.69, 9.17) is 9.47 Å². The molecule has 2 N–H and O–H groups in total. The van der Waals surface area contributed by atoms with Gasteiger partial charge in [0, 0.05) is 6.07 Å². The molecule has 0 bridgehead atoms. The molecule has 2 rings (SSSR count). The molecule has 0 aliphatic rings. The van der Waals surface area contributed by atoms with E-state index in [2.05, 4.69) is 10.0 Å². The van der Waals surface area contributed by atoms with Crippen molar-refractivity contribution >= 4 is 21.6 Å². The van der Waals surface area contributed by atoms with Crippen LogP contribution < -0.4 is 19.5 Å². The van der Waals surface area contributed by atoms with Crippen LogP contribution in [0.25, 0.3) is 0 Å². The largest absolute Gasteiger partial charge is 0.497 e. The maximum atomic E-state index is 12.9. The zero-order valence-corrected chi connectivity index (χ0v) is 15.3. The predicted molar refractivity (Wildman–Crippen MR) is 94.4 cm³/mol. The molecule has 0 unspecified atom stereocenters. The van der Waals surface area contributed by atoms with Crippen LogP contribution in [0.1, 0.15) is 6.92 Å². The van der Waals surface area contributed by atoms with Gasteiger partial charge in [-0.1, -0.05) is 0 Å². The van der Waals surface area contributed by atoms with Crippen molar-refractivity contribution in [3.05, 3.63) is 48.3 Å². The second-order valence-electron chi connectivity index (χ2n) is 5.35. The number of hydrogen-bond donors (Lipinski definition) is 2. The normalized spacial score (nSPS) is 12.3. The number of benzene rings is 2. The van der Waals surface area contributed by atoms with Gasteiger partial charge in [0.15, 0.2) is 0 Å². The third-order valence-corrected chi connectivity index (χ3v) is 5.07. The van der Waals surface area contributed by atoms with Gasteiger partial charge in [0.25, 0.3) is 0 Å². The Bertz CT molecular complexity index is 885. The van der Waals surface area contributed by atoms with Crippen molar-refractivity contribution in [1.82, 2.24) is 4.72 Å². The number of carbonyl (C=O) groups excluding carboxylic acids is 1. The van der Waals surface area contributed by atoms with Gasteiger partial charge < -0.3 is 14.8 Å². The molecule has 0 aliphatic carbocycles. The number of ether oxygens (including phenoxy) is 2. The lowest BCUT2D eigenvalue weighted by molar-refractivity contribution is -0.117. The van der Waals surface area contributed by atoms with Crippen molar-refractivity contribution in [1.29, 1.82) is 0 Å². The number of anilines is 1. The molecule has 0 spiro atoms. The molecular weight excluding hydrogens is 363 g/mol. The van der Waals surface area contributed by atoms with Gasteiger partial charge in [-0.2, -0.15) is 4.72 Å². The van der Waals surface area contributed by atoms with Crippen molar-refractivity contribution in [3.63, 3.8) is 0 Å². The molecule has 2 aromatic carbocycles. The Labute approximate surface area is 151 Å². The third-order valence-electron chi connectivity index (χ3n) is 3.52. The fourth-order valence-electron chi connectivity index (χ4n) is 2.11. The first-order chi connectivity index (χ1) is 12.3. The van der Waals surface area contributed by atoms with E-state index in [1.54, 1.807) is 18.2 Å². The fourth-order valence-corrected chi connectivity index (χ4v) is 3.31. The number of amides is 1. The van der Waals surface area contributed by atoms with Crippen LogP contribution in [0.4, 0.5) is 10.1 Å². The molecule has 1 amide bonds. The van der Waals surface area contributed by atoms with E-state index in [0.717, 1.165) is 24.3 Å². The summed E-state index contributed by atoms with van der Waals surface area (Å²) >= 11 is 0. The molecule has 0 fully saturated rings.